The van der Waals surface area contributed by atoms with Crippen molar-refractivity contribution in [2.45, 2.75) is 24.7 Å². The van der Waals surface area contributed by atoms with E-state index in [2.05, 4.69) is 0 Å². The quantitative estimate of drug-likeness (QED) is 0.477. The van der Waals surface area contributed by atoms with Crippen molar-refractivity contribution in [3.8, 4) is 17.2 Å². The van der Waals surface area contributed by atoms with Gasteiger partial charge in [-0.2, -0.15) is 4.31 Å². The lowest BCUT2D eigenvalue weighted by Gasteiger charge is -2.30. The van der Waals surface area contributed by atoms with Crippen LogP contribution in [0.3, 0.4) is 0 Å². The first-order valence-electron chi connectivity index (χ1n) is 10.3. The monoisotopic (exact) mass is 461 g/mol. The molecule has 0 unspecified atom stereocenters. The standard InChI is InChI=1S/C22H23NO8S/c1-2-28-21(24)15-3-6-18(7-4-15)32(26,27)23-11-9-16(10-12-23)22(25)31-17-5-8-19-20(13-17)30-14-29-19/h3-8,13,16H,2,9-12,14H2,1H3. The van der Waals surface area contributed by atoms with Crippen LogP contribution < -0.4 is 14.2 Å². The number of ether oxygens (including phenoxy) is 4. The van der Waals surface area contributed by atoms with Crippen LogP contribution >= 0.6 is 0 Å². The van der Waals surface area contributed by atoms with E-state index in [-0.39, 0.29) is 36.9 Å². The molecule has 2 aromatic rings. The van der Waals surface area contributed by atoms with E-state index in [0.29, 0.717) is 30.1 Å². The Balaban J connectivity index is 1.35. The molecule has 0 amide bonds. The van der Waals surface area contributed by atoms with Gasteiger partial charge in [0.25, 0.3) is 0 Å². The number of nitrogens with zero attached hydrogens (tertiary/aromatic N) is 1. The van der Waals surface area contributed by atoms with Gasteiger partial charge in [-0.25, -0.2) is 13.2 Å². The largest absolute Gasteiger partial charge is 0.462 e. The minimum atomic E-state index is -3.73. The molecule has 0 atom stereocenters. The molecule has 10 heteroatoms. The zero-order valence-electron chi connectivity index (χ0n) is 17.5. The SMILES string of the molecule is CCOC(=O)c1ccc(S(=O)(=O)N2CCC(C(=O)Oc3ccc4c(c3)OCO4)CC2)cc1. The third kappa shape index (κ3) is 4.56. The molecule has 0 saturated carbocycles. The Bertz CT molecular complexity index is 1110. The first-order valence-corrected chi connectivity index (χ1v) is 11.7. The first kappa shape index (κ1) is 22.1. The van der Waals surface area contributed by atoms with Crippen molar-refractivity contribution in [2.24, 2.45) is 5.92 Å². The number of esters is 2. The van der Waals surface area contributed by atoms with Crippen LogP contribution in [0.1, 0.15) is 30.1 Å². The Morgan fingerprint density at radius 3 is 2.41 bits per heavy atom. The van der Waals surface area contributed by atoms with Crippen molar-refractivity contribution >= 4 is 22.0 Å². The van der Waals surface area contributed by atoms with Crippen LogP contribution in [0.4, 0.5) is 0 Å². The second-order valence-electron chi connectivity index (χ2n) is 7.36. The number of sulfonamides is 1. The Hall–Kier alpha value is -3.11. The van der Waals surface area contributed by atoms with Crippen molar-refractivity contribution < 1.29 is 37.0 Å². The molecule has 170 valence electrons. The van der Waals surface area contributed by atoms with Gasteiger partial charge >= 0.3 is 11.9 Å². The van der Waals surface area contributed by atoms with Crippen LogP contribution in [0.15, 0.2) is 47.4 Å². The minimum absolute atomic E-state index is 0.0898. The summed E-state index contributed by atoms with van der Waals surface area (Å²) in [5.41, 5.74) is 0.288. The molecule has 2 aromatic carbocycles. The van der Waals surface area contributed by atoms with Gasteiger partial charge in [0.05, 0.1) is 23.0 Å². The van der Waals surface area contributed by atoms with E-state index in [0.717, 1.165) is 0 Å². The number of carbonyl (C=O) groups is 2. The van der Waals surface area contributed by atoms with Crippen molar-refractivity contribution in [2.75, 3.05) is 26.5 Å². The minimum Gasteiger partial charge on any atom is -0.462 e. The summed E-state index contributed by atoms with van der Waals surface area (Å²) in [7, 11) is -3.73. The topological polar surface area (TPSA) is 108 Å². The lowest BCUT2D eigenvalue weighted by atomic mass is 9.98. The van der Waals surface area contributed by atoms with Crippen LogP contribution in [0.25, 0.3) is 0 Å². The summed E-state index contributed by atoms with van der Waals surface area (Å²) in [6.45, 7) is 2.47. The lowest BCUT2D eigenvalue weighted by molar-refractivity contribution is -0.140. The van der Waals surface area contributed by atoms with Gasteiger partial charge in [-0.15, -0.1) is 0 Å². The van der Waals surface area contributed by atoms with Gasteiger partial charge in [-0.3, -0.25) is 4.79 Å². The molecule has 2 aliphatic rings. The van der Waals surface area contributed by atoms with E-state index in [4.69, 9.17) is 18.9 Å². The molecule has 0 aromatic heterocycles. The molecule has 0 aliphatic carbocycles. The summed E-state index contributed by atoms with van der Waals surface area (Å²) in [5.74, 6) is 0.163. The summed E-state index contributed by atoms with van der Waals surface area (Å²) in [6, 6.07) is 10.5. The van der Waals surface area contributed by atoms with Gasteiger partial charge < -0.3 is 18.9 Å². The number of benzene rings is 2. The Morgan fingerprint density at radius 2 is 1.72 bits per heavy atom. The highest BCUT2D eigenvalue weighted by atomic mass is 32.2. The zero-order chi connectivity index (χ0) is 22.7. The summed E-state index contributed by atoms with van der Waals surface area (Å²) in [4.78, 5) is 24.4. The van der Waals surface area contributed by atoms with Gasteiger partial charge in [-0.05, 0) is 56.2 Å². The summed E-state index contributed by atoms with van der Waals surface area (Å²) in [5, 5.41) is 0. The highest BCUT2D eigenvalue weighted by Crippen LogP contribution is 2.35. The van der Waals surface area contributed by atoms with Crippen molar-refractivity contribution in [3.63, 3.8) is 0 Å². The average molecular weight is 461 g/mol. The molecule has 0 radical (unpaired) electrons. The fourth-order valence-electron chi connectivity index (χ4n) is 3.60. The van der Waals surface area contributed by atoms with Crippen molar-refractivity contribution in [3.05, 3.63) is 48.0 Å². The smallest absolute Gasteiger partial charge is 0.338 e. The molecule has 1 saturated heterocycles. The predicted octanol–water partition coefficient (Wildman–Crippen LogP) is 2.60. The van der Waals surface area contributed by atoms with Crippen LogP contribution in [0, 0.1) is 5.92 Å². The molecule has 0 N–H and O–H groups in total. The van der Waals surface area contributed by atoms with Crippen molar-refractivity contribution in [1.29, 1.82) is 0 Å². The Morgan fingerprint density at radius 1 is 1.03 bits per heavy atom. The maximum atomic E-state index is 12.9. The van der Waals surface area contributed by atoms with Gasteiger partial charge in [0.2, 0.25) is 16.8 Å². The van der Waals surface area contributed by atoms with E-state index >= 15 is 0 Å². The predicted molar refractivity (Wildman–Crippen MR) is 112 cm³/mol. The van der Waals surface area contributed by atoms with Crippen LogP contribution in [-0.4, -0.2) is 51.2 Å². The van der Waals surface area contributed by atoms with Crippen LogP contribution in [0.2, 0.25) is 0 Å². The number of hydrogen-bond donors (Lipinski definition) is 0. The highest BCUT2D eigenvalue weighted by Gasteiger charge is 2.33. The molecule has 4 rings (SSSR count). The van der Waals surface area contributed by atoms with Crippen molar-refractivity contribution in [1.82, 2.24) is 4.31 Å². The van der Waals surface area contributed by atoms with E-state index in [1.807, 2.05) is 0 Å². The maximum Gasteiger partial charge on any atom is 0.338 e. The normalized spacial score (nSPS) is 16.5. The molecule has 32 heavy (non-hydrogen) atoms. The first-order chi connectivity index (χ1) is 15.4. The van der Waals surface area contributed by atoms with E-state index in [1.165, 1.54) is 28.6 Å². The summed E-state index contributed by atoms with van der Waals surface area (Å²) >= 11 is 0. The number of carbonyl (C=O) groups excluding carboxylic acids is 2. The molecule has 0 spiro atoms. The third-order valence-corrected chi connectivity index (χ3v) is 7.27. The molecule has 2 aliphatic heterocycles. The number of piperidine rings is 1. The number of rotatable bonds is 6. The lowest BCUT2D eigenvalue weighted by Crippen LogP contribution is -2.41. The Labute approximate surface area is 185 Å². The molecule has 2 heterocycles. The van der Waals surface area contributed by atoms with E-state index < -0.39 is 27.9 Å². The fraction of sp³-hybridized carbons (Fsp3) is 0.364. The Kier molecular flexibility index (Phi) is 6.33. The van der Waals surface area contributed by atoms with Gasteiger partial charge in [-0.1, -0.05) is 0 Å². The zero-order valence-corrected chi connectivity index (χ0v) is 18.3. The van der Waals surface area contributed by atoms with E-state index in [9.17, 15) is 18.0 Å². The summed E-state index contributed by atoms with van der Waals surface area (Å²) < 4.78 is 48.1. The van der Waals surface area contributed by atoms with E-state index in [1.54, 1.807) is 25.1 Å². The third-order valence-electron chi connectivity index (χ3n) is 5.35. The number of hydrogen-bond acceptors (Lipinski definition) is 8. The second-order valence-corrected chi connectivity index (χ2v) is 9.30. The second kappa shape index (κ2) is 9.17. The molecule has 9 nitrogen and oxygen atoms in total. The fourth-order valence-corrected chi connectivity index (χ4v) is 5.07. The van der Waals surface area contributed by atoms with Crippen LogP contribution in [-0.2, 0) is 19.6 Å². The van der Waals surface area contributed by atoms with Gasteiger partial charge in [0, 0.05) is 19.2 Å². The maximum absolute atomic E-state index is 12.9. The summed E-state index contributed by atoms with van der Waals surface area (Å²) in [6.07, 6.45) is 0.701. The molecular formula is C22H23NO8S. The van der Waals surface area contributed by atoms with Crippen LogP contribution in [0.5, 0.6) is 17.2 Å². The molecular weight excluding hydrogens is 438 g/mol. The van der Waals surface area contributed by atoms with Gasteiger partial charge in [0.1, 0.15) is 5.75 Å². The number of fused-ring (bicyclic) bond motifs is 1. The molecule has 1 fully saturated rings. The molecule has 0 bridgehead atoms. The highest BCUT2D eigenvalue weighted by molar-refractivity contribution is 7.89. The van der Waals surface area contributed by atoms with Gasteiger partial charge in [0.15, 0.2) is 11.5 Å². The average Bonchev–Trinajstić information content (AvgIpc) is 3.27.